The fourth-order valence-corrected chi connectivity index (χ4v) is 2.94. The number of benzene rings is 1. The highest BCUT2D eigenvalue weighted by molar-refractivity contribution is 7.12. The van der Waals surface area contributed by atoms with Crippen molar-refractivity contribution < 1.29 is 9.13 Å². The van der Waals surface area contributed by atoms with Crippen molar-refractivity contribution in [2.75, 3.05) is 6.54 Å². The average molecular weight is 293 g/mol. The predicted octanol–water partition coefficient (Wildman–Crippen LogP) is 4.27. The van der Waals surface area contributed by atoms with Gasteiger partial charge in [-0.05, 0) is 38.1 Å². The van der Waals surface area contributed by atoms with Crippen LogP contribution in [0.15, 0.2) is 30.3 Å². The van der Waals surface area contributed by atoms with E-state index in [-0.39, 0.29) is 5.82 Å². The second-order valence-corrected chi connectivity index (χ2v) is 6.03. The molecule has 0 aliphatic heterocycles. The molecule has 0 radical (unpaired) electrons. The molecule has 0 saturated heterocycles. The van der Waals surface area contributed by atoms with Crippen LogP contribution in [0.3, 0.4) is 0 Å². The second kappa shape index (κ2) is 7.41. The standard InChI is InChI=1S/C16H20FNOS/c1-3-8-18-10-14-9-13(12(2)20-14)11-19-16-7-5-4-6-15(16)17/h4-7,9,18H,3,8,10-11H2,1-2H3. The van der Waals surface area contributed by atoms with Crippen LogP contribution in [-0.2, 0) is 13.2 Å². The Balaban J connectivity index is 1.94. The lowest BCUT2D eigenvalue weighted by Gasteiger charge is -2.06. The first kappa shape index (κ1) is 15.0. The number of thiophene rings is 1. The van der Waals surface area contributed by atoms with Gasteiger partial charge in [-0.1, -0.05) is 19.1 Å². The summed E-state index contributed by atoms with van der Waals surface area (Å²) in [5.74, 6) is -0.00558. The van der Waals surface area contributed by atoms with Crippen molar-refractivity contribution in [3.63, 3.8) is 0 Å². The molecule has 0 saturated carbocycles. The summed E-state index contributed by atoms with van der Waals surface area (Å²) in [7, 11) is 0. The largest absolute Gasteiger partial charge is 0.486 e. The quantitative estimate of drug-likeness (QED) is 0.770. The summed E-state index contributed by atoms with van der Waals surface area (Å²) in [5.41, 5.74) is 1.13. The number of ether oxygens (including phenoxy) is 1. The molecule has 0 bridgehead atoms. The van der Waals surface area contributed by atoms with Gasteiger partial charge >= 0.3 is 0 Å². The molecule has 2 rings (SSSR count). The summed E-state index contributed by atoms with van der Waals surface area (Å²) in [6.45, 7) is 6.56. The highest BCUT2D eigenvalue weighted by Crippen LogP contribution is 2.24. The first-order valence-electron chi connectivity index (χ1n) is 6.87. The maximum atomic E-state index is 13.5. The Bertz CT molecular complexity index is 553. The van der Waals surface area contributed by atoms with Crippen LogP contribution in [-0.4, -0.2) is 6.54 Å². The molecule has 0 unspecified atom stereocenters. The molecule has 1 N–H and O–H groups in total. The van der Waals surface area contributed by atoms with E-state index < -0.39 is 0 Å². The van der Waals surface area contributed by atoms with Gasteiger partial charge in [0.05, 0.1) is 0 Å². The van der Waals surface area contributed by atoms with E-state index in [1.165, 1.54) is 15.8 Å². The molecular weight excluding hydrogens is 273 g/mol. The van der Waals surface area contributed by atoms with E-state index in [1.807, 2.05) is 0 Å². The number of rotatable bonds is 7. The molecule has 0 spiro atoms. The summed E-state index contributed by atoms with van der Waals surface area (Å²) in [4.78, 5) is 2.53. The van der Waals surface area contributed by atoms with Crippen LogP contribution in [0.1, 0.15) is 28.7 Å². The van der Waals surface area contributed by atoms with Gasteiger partial charge in [0.25, 0.3) is 0 Å². The first-order chi connectivity index (χ1) is 9.70. The number of aryl methyl sites for hydroxylation is 1. The normalized spacial score (nSPS) is 10.8. The topological polar surface area (TPSA) is 21.3 Å². The lowest BCUT2D eigenvalue weighted by atomic mass is 10.2. The Labute approximate surface area is 123 Å². The molecule has 0 fully saturated rings. The lowest BCUT2D eigenvalue weighted by Crippen LogP contribution is -2.12. The molecule has 0 aliphatic rings. The van der Waals surface area contributed by atoms with Crippen LogP contribution >= 0.6 is 11.3 Å². The van der Waals surface area contributed by atoms with Gasteiger partial charge in [-0.15, -0.1) is 11.3 Å². The first-order valence-corrected chi connectivity index (χ1v) is 7.68. The number of para-hydroxylation sites is 1. The molecule has 2 nitrogen and oxygen atoms in total. The molecule has 0 atom stereocenters. The van der Waals surface area contributed by atoms with Crippen molar-refractivity contribution >= 4 is 11.3 Å². The van der Waals surface area contributed by atoms with Gasteiger partial charge in [0.15, 0.2) is 11.6 Å². The summed E-state index contributed by atoms with van der Waals surface area (Å²) in [6, 6.07) is 8.65. The third kappa shape index (κ3) is 4.05. The van der Waals surface area contributed by atoms with E-state index in [2.05, 4.69) is 25.2 Å². The van der Waals surface area contributed by atoms with Crippen molar-refractivity contribution in [3.05, 3.63) is 51.5 Å². The molecule has 1 heterocycles. The van der Waals surface area contributed by atoms with Gasteiger partial charge in [-0.3, -0.25) is 0 Å². The second-order valence-electron chi connectivity index (χ2n) is 4.69. The third-order valence-corrected chi connectivity index (χ3v) is 4.11. The minimum atomic E-state index is -0.315. The van der Waals surface area contributed by atoms with Gasteiger partial charge in [-0.2, -0.15) is 0 Å². The van der Waals surface area contributed by atoms with E-state index in [1.54, 1.807) is 29.5 Å². The Kier molecular flexibility index (Phi) is 5.56. The van der Waals surface area contributed by atoms with Crippen LogP contribution in [0.4, 0.5) is 4.39 Å². The summed E-state index contributed by atoms with van der Waals surface area (Å²) < 4.78 is 19.0. The Morgan fingerprint density at radius 1 is 1.30 bits per heavy atom. The predicted molar refractivity (Wildman–Crippen MR) is 81.8 cm³/mol. The zero-order chi connectivity index (χ0) is 14.4. The summed E-state index contributed by atoms with van der Waals surface area (Å²) in [5, 5.41) is 3.38. The fraction of sp³-hybridized carbons (Fsp3) is 0.375. The molecule has 1 aromatic carbocycles. The molecule has 0 amide bonds. The molecule has 4 heteroatoms. The maximum Gasteiger partial charge on any atom is 0.165 e. The third-order valence-electron chi connectivity index (χ3n) is 3.02. The average Bonchev–Trinajstić information content (AvgIpc) is 2.79. The SMILES string of the molecule is CCCNCc1cc(COc2ccccc2F)c(C)s1. The smallest absolute Gasteiger partial charge is 0.165 e. The number of nitrogens with one attached hydrogen (secondary N) is 1. The number of halogens is 1. The van der Waals surface area contributed by atoms with Crippen LogP contribution < -0.4 is 10.1 Å². The zero-order valence-electron chi connectivity index (χ0n) is 11.9. The van der Waals surface area contributed by atoms with Gasteiger partial charge in [-0.25, -0.2) is 4.39 Å². The molecule has 20 heavy (non-hydrogen) atoms. The highest BCUT2D eigenvalue weighted by Gasteiger charge is 2.08. The van der Waals surface area contributed by atoms with E-state index in [4.69, 9.17) is 4.74 Å². The van der Waals surface area contributed by atoms with E-state index in [0.717, 1.165) is 25.1 Å². The van der Waals surface area contributed by atoms with E-state index in [9.17, 15) is 4.39 Å². The van der Waals surface area contributed by atoms with Gasteiger partial charge in [0.1, 0.15) is 6.61 Å². The minimum Gasteiger partial charge on any atom is -0.486 e. The Morgan fingerprint density at radius 2 is 2.10 bits per heavy atom. The van der Waals surface area contributed by atoms with Crippen molar-refractivity contribution in [1.82, 2.24) is 5.32 Å². The molecule has 1 aromatic heterocycles. The molecule has 0 aliphatic carbocycles. The number of hydrogen-bond acceptors (Lipinski definition) is 3. The Hall–Kier alpha value is -1.39. The fourth-order valence-electron chi connectivity index (χ4n) is 1.92. The van der Waals surface area contributed by atoms with Gasteiger partial charge < -0.3 is 10.1 Å². The van der Waals surface area contributed by atoms with E-state index in [0.29, 0.717) is 12.4 Å². The molecule has 2 aromatic rings. The molecule has 108 valence electrons. The van der Waals surface area contributed by atoms with Gasteiger partial charge in [0.2, 0.25) is 0 Å². The van der Waals surface area contributed by atoms with Crippen LogP contribution in [0.5, 0.6) is 5.75 Å². The Morgan fingerprint density at radius 3 is 2.85 bits per heavy atom. The van der Waals surface area contributed by atoms with Crippen molar-refractivity contribution in [3.8, 4) is 5.75 Å². The monoisotopic (exact) mass is 293 g/mol. The summed E-state index contributed by atoms with van der Waals surface area (Å²) >= 11 is 1.77. The lowest BCUT2D eigenvalue weighted by molar-refractivity contribution is 0.290. The van der Waals surface area contributed by atoms with Crippen LogP contribution in [0.25, 0.3) is 0 Å². The van der Waals surface area contributed by atoms with Crippen LogP contribution in [0, 0.1) is 12.7 Å². The summed E-state index contributed by atoms with van der Waals surface area (Å²) in [6.07, 6.45) is 1.13. The van der Waals surface area contributed by atoms with Crippen LogP contribution in [0.2, 0.25) is 0 Å². The maximum absolute atomic E-state index is 13.5. The highest BCUT2D eigenvalue weighted by atomic mass is 32.1. The van der Waals surface area contributed by atoms with Gasteiger partial charge in [0, 0.05) is 21.9 Å². The number of hydrogen-bond donors (Lipinski definition) is 1. The van der Waals surface area contributed by atoms with Crippen molar-refractivity contribution in [1.29, 1.82) is 0 Å². The molecular formula is C16H20FNOS. The van der Waals surface area contributed by atoms with E-state index >= 15 is 0 Å². The minimum absolute atomic E-state index is 0.309. The van der Waals surface area contributed by atoms with Crippen molar-refractivity contribution in [2.45, 2.75) is 33.4 Å². The van der Waals surface area contributed by atoms with Crippen molar-refractivity contribution in [2.24, 2.45) is 0 Å². The zero-order valence-corrected chi connectivity index (χ0v) is 12.7.